The lowest BCUT2D eigenvalue weighted by atomic mass is 10.1. The largest absolute Gasteiger partial charge is 0.394 e. The monoisotopic (exact) mass is 245 g/mol. The molecule has 0 radical (unpaired) electrons. The molecular weight excluding hydrogens is 226 g/mol. The standard InChI is InChI=1S/C14H19N3O/c1-10-14(13(15)9-18)11(2)17(16-10)8-12-6-4-3-5-7-12/h3-7,13,18H,8-9,15H2,1-2H3/t13-/m0/s1. The molecule has 0 aliphatic heterocycles. The van der Waals surface area contributed by atoms with Crippen molar-refractivity contribution in [1.82, 2.24) is 9.78 Å². The number of nitrogens with zero attached hydrogens (tertiary/aromatic N) is 2. The van der Waals surface area contributed by atoms with E-state index in [1.807, 2.05) is 36.7 Å². The summed E-state index contributed by atoms with van der Waals surface area (Å²) in [4.78, 5) is 0. The lowest BCUT2D eigenvalue weighted by molar-refractivity contribution is 0.267. The van der Waals surface area contributed by atoms with Crippen molar-refractivity contribution in [3.05, 3.63) is 52.8 Å². The Kier molecular flexibility index (Phi) is 3.79. The maximum Gasteiger partial charge on any atom is 0.0662 e. The molecule has 18 heavy (non-hydrogen) atoms. The summed E-state index contributed by atoms with van der Waals surface area (Å²) >= 11 is 0. The molecule has 1 atom stereocenters. The van der Waals surface area contributed by atoms with E-state index in [1.165, 1.54) is 5.56 Å². The van der Waals surface area contributed by atoms with Gasteiger partial charge < -0.3 is 10.8 Å². The molecule has 2 aromatic rings. The van der Waals surface area contributed by atoms with Gasteiger partial charge in [0.25, 0.3) is 0 Å². The van der Waals surface area contributed by atoms with Crippen LogP contribution in [0.4, 0.5) is 0 Å². The van der Waals surface area contributed by atoms with Gasteiger partial charge in [0, 0.05) is 11.3 Å². The molecule has 0 unspecified atom stereocenters. The number of nitrogens with two attached hydrogens (primary N) is 1. The smallest absolute Gasteiger partial charge is 0.0662 e. The van der Waals surface area contributed by atoms with Crippen molar-refractivity contribution in [1.29, 1.82) is 0 Å². The molecule has 1 aromatic heterocycles. The zero-order valence-electron chi connectivity index (χ0n) is 10.8. The van der Waals surface area contributed by atoms with Crippen LogP contribution in [0.3, 0.4) is 0 Å². The minimum Gasteiger partial charge on any atom is -0.394 e. The molecule has 3 N–H and O–H groups in total. The van der Waals surface area contributed by atoms with Gasteiger partial charge in [0.1, 0.15) is 0 Å². The van der Waals surface area contributed by atoms with E-state index in [1.54, 1.807) is 0 Å². The summed E-state index contributed by atoms with van der Waals surface area (Å²) in [6.45, 7) is 4.59. The molecular formula is C14H19N3O. The predicted molar refractivity (Wildman–Crippen MR) is 71.3 cm³/mol. The van der Waals surface area contributed by atoms with Crippen LogP contribution >= 0.6 is 0 Å². The summed E-state index contributed by atoms with van der Waals surface area (Å²) in [5, 5.41) is 13.7. The molecule has 0 spiro atoms. The fourth-order valence-electron chi connectivity index (χ4n) is 2.25. The second-order valence-electron chi connectivity index (χ2n) is 4.52. The van der Waals surface area contributed by atoms with Crippen LogP contribution in [0.2, 0.25) is 0 Å². The Bertz CT molecular complexity index is 519. The van der Waals surface area contributed by atoms with Gasteiger partial charge in [0.2, 0.25) is 0 Å². The quantitative estimate of drug-likeness (QED) is 0.858. The van der Waals surface area contributed by atoms with Gasteiger partial charge in [-0.2, -0.15) is 5.10 Å². The van der Waals surface area contributed by atoms with Crippen LogP contribution in [0, 0.1) is 13.8 Å². The van der Waals surface area contributed by atoms with E-state index in [2.05, 4.69) is 17.2 Å². The topological polar surface area (TPSA) is 64.1 Å². The molecule has 0 fully saturated rings. The lowest BCUT2D eigenvalue weighted by Gasteiger charge is -2.09. The Morgan fingerprint density at radius 2 is 1.94 bits per heavy atom. The number of aliphatic hydroxyl groups is 1. The van der Waals surface area contributed by atoms with Crippen LogP contribution in [0.1, 0.15) is 28.6 Å². The normalized spacial score (nSPS) is 12.7. The van der Waals surface area contributed by atoms with Crippen molar-refractivity contribution in [2.75, 3.05) is 6.61 Å². The number of aryl methyl sites for hydroxylation is 1. The number of benzene rings is 1. The van der Waals surface area contributed by atoms with Gasteiger partial charge in [-0.1, -0.05) is 30.3 Å². The first kappa shape index (κ1) is 12.8. The average molecular weight is 245 g/mol. The van der Waals surface area contributed by atoms with Gasteiger partial charge in [-0.05, 0) is 19.4 Å². The Morgan fingerprint density at radius 1 is 1.28 bits per heavy atom. The Labute approximate surface area is 107 Å². The van der Waals surface area contributed by atoms with E-state index < -0.39 is 0 Å². The van der Waals surface area contributed by atoms with Crippen LogP contribution < -0.4 is 5.73 Å². The second-order valence-corrected chi connectivity index (χ2v) is 4.52. The van der Waals surface area contributed by atoms with Crippen molar-refractivity contribution in [2.45, 2.75) is 26.4 Å². The molecule has 0 amide bonds. The molecule has 2 rings (SSSR count). The van der Waals surface area contributed by atoms with Crippen molar-refractivity contribution < 1.29 is 5.11 Å². The highest BCUT2D eigenvalue weighted by Crippen LogP contribution is 2.20. The fraction of sp³-hybridized carbons (Fsp3) is 0.357. The van der Waals surface area contributed by atoms with Gasteiger partial charge in [0.05, 0.1) is 24.9 Å². The molecule has 4 nitrogen and oxygen atoms in total. The lowest BCUT2D eigenvalue weighted by Crippen LogP contribution is -2.16. The summed E-state index contributed by atoms with van der Waals surface area (Å²) in [7, 11) is 0. The highest BCUT2D eigenvalue weighted by atomic mass is 16.3. The first-order valence-corrected chi connectivity index (χ1v) is 6.07. The third kappa shape index (κ3) is 2.44. The maximum absolute atomic E-state index is 9.17. The van der Waals surface area contributed by atoms with Crippen molar-refractivity contribution in [2.24, 2.45) is 5.73 Å². The first-order valence-electron chi connectivity index (χ1n) is 6.07. The van der Waals surface area contributed by atoms with Crippen LogP contribution in [0.15, 0.2) is 30.3 Å². The van der Waals surface area contributed by atoms with Crippen LogP contribution in [0.25, 0.3) is 0 Å². The Hall–Kier alpha value is -1.65. The molecule has 0 saturated carbocycles. The van der Waals surface area contributed by atoms with Gasteiger partial charge in [-0.25, -0.2) is 0 Å². The predicted octanol–water partition coefficient (Wildman–Crippen LogP) is 1.54. The number of rotatable bonds is 4. The summed E-state index contributed by atoms with van der Waals surface area (Å²) < 4.78 is 1.94. The van der Waals surface area contributed by atoms with Crippen LogP contribution in [-0.2, 0) is 6.54 Å². The minimum atomic E-state index is -0.352. The molecule has 0 saturated heterocycles. The maximum atomic E-state index is 9.17. The SMILES string of the molecule is Cc1nn(Cc2ccccc2)c(C)c1[C@@H](N)CO. The van der Waals surface area contributed by atoms with E-state index in [0.29, 0.717) is 0 Å². The van der Waals surface area contributed by atoms with E-state index in [0.717, 1.165) is 23.5 Å². The highest BCUT2D eigenvalue weighted by Gasteiger charge is 2.17. The highest BCUT2D eigenvalue weighted by molar-refractivity contribution is 5.29. The number of aromatic nitrogens is 2. The Balaban J connectivity index is 2.30. The summed E-state index contributed by atoms with van der Waals surface area (Å²) in [6.07, 6.45) is 0. The van der Waals surface area contributed by atoms with E-state index >= 15 is 0 Å². The summed E-state index contributed by atoms with van der Waals surface area (Å²) in [5.41, 5.74) is 9.97. The van der Waals surface area contributed by atoms with E-state index in [-0.39, 0.29) is 12.6 Å². The van der Waals surface area contributed by atoms with E-state index in [4.69, 9.17) is 5.73 Å². The number of hydrogen-bond acceptors (Lipinski definition) is 3. The molecule has 4 heteroatoms. The minimum absolute atomic E-state index is 0.0568. The van der Waals surface area contributed by atoms with E-state index in [9.17, 15) is 5.11 Å². The Morgan fingerprint density at radius 3 is 2.56 bits per heavy atom. The summed E-state index contributed by atoms with van der Waals surface area (Å²) in [5.74, 6) is 0. The second kappa shape index (κ2) is 5.33. The van der Waals surface area contributed by atoms with Gasteiger partial charge >= 0.3 is 0 Å². The third-order valence-electron chi connectivity index (χ3n) is 3.18. The number of hydrogen-bond donors (Lipinski definition) is 2. The van der Waals surface area contributed by atoms with Gasteiger partial charge in [0.15, 0.2) is 0 Å². The number of aliphatic hydroxyl groups excluding tert-OH is 1. The van der Waals surface area contributed by atoms with Gasteiger partial charge in [-0.15, -0.1) is 0 Å². The zero-order chi connectivity index (χ0) is 13.1. The van der Waals surface area contributed by atoms with Gasteiger partial charge in [-0.3, -0.25) is 4.68 Å². The first-order chi connectivity index (χ1) is 8.63. The molecule has 1 heterocycles. The third-order valence-corrected chi connectivity index (χ3v) is 3.18. The fourth-order valence-corrected chi connectivity index (χ4v) is 2.25. The molecule has 0 bridgehead atoms. The van der Waals surface area contributed by atoms with Crippen molar-refractivity contribution >= 4 is 0 Å². The molecule has 0 aliphatic rings. The molecule has 96 valence electrons. The van der Waals surface area contributed by atoms with Crippen LogP contribution in [-0.4, -0.2) is 21.5 Å². The molecule has 0 aliphatic carbocycles. The summed E-state index contributed by atoms with van der Waals surface area (Å²) in [6, 6.07) is 9.82. The molecule has 1 aromatic carbocycles. The average Bonchev–Trinajstić information content (AvgIpc) is 2.65. The van der Waals surface area contributed by atoms with Crippen LogP contribution in [0.5, 0.6) is 0 Å². The van der Waals surface area contributed by atoms with Crippen molar-refractivity contribution in [3.63, 3.8) is 0 Å². The zero-order valence-corrected chi connectivity index (χ0v) is 10.8. The van der Waals surface area contributed by atoms with Crippen molar-refractivity contribution in [3.8, 4) is 0 Å².